The first kappa shape index (κ1) is 13.0. The minimum absolute atomic E-state index is 0.169. The van der Waals surface area contributed by atoms with Gasteiger partial charge in [0, 0.05) is 23.4 Å². The lowest BCUT2D eigenvalue weighted by molar-refractivity contribution is 0.0770. The number of hydrogen-bond acceptors (Lipinski definition) is 3. The standard InChI is InChI=1S/C17H18N2OS/c18-10-17-8-13(17)9-19(11-17)16(20)15-7-6-14(21-15)12-4-2-1-3-5-12/h1-7,13H,8-11,18H2/t13-,17-/m1/s1. The summed E-state index contributed by atoms with van der Waals surface area (Å²) in [6.07, 6.45) is 1.20. The predicted molar refractivity (Wildman–Crippen MR) is 85.3 cm³/mol. The Bertz CT molecular complexity index is 677. The zero-order chi connectivity index (χ0) is 14.4. The normalized spacial score (nSPS) is 26.7. The fraction of sp³-hybridized carbons (Fsp3) is 0.353. The fourth-order valence-electron chi connectivity index (χ4n) is 3.43. The van der Waals surface area contributed by atoms with E-state index in [0.717, 1.165) is 22.8 Å². The number of piperidine rings is 1. The van der Waals surface area contributed by atoms with Crippen LogP contribution in [0.5, 0.6) is 0 Å². The zero-order valence-corrected chi connectivity index (χ0v) is 12.6. The number of amides is 1. The Morgan fingerprint density at radius 1 is 1.29 bits per heavy atom. The van der Waals surface area contributed by atoms with Gasteiger partial charge < -0.3 is 10.6 Å². The molecule has 1 saturated heterocycles. The van der Waals surface area contributed by atoms with Crippen molar-refractivity contribution in [2.24, 2.45) is 17.1 Å². The molecule has 1 amide bonds. The lowest BCUT2D eigenvalue weighted by atomic mass is 10.1. The van der Waals surface area contributed by atoms with Crippen molar-refractivity contribution in [3.63, 3.8) is 0 Å². The molecule has 21 heavy (non-hydrogen) atoms. The Morgan fingerprint density at radius 3 is 2.81 bits per heavy atom. The fourth-order valence-corrected chi connectivity index (χ4v) is 4.41. The summed E-state index contributed by atoms with van der Waals surface area (Å²) in [4.78, 5) is 16.6. The molecule has 1 aliphatic carbocycles. The summed E-state index contributed by atoms with van der Waals surface area (Å²) in [5, 5.41) is 0. The van der Waals surface area contributed by atoms with Gasteiger partial charge in [-0.15, -0.1) is 11.3 Å². The number of carbonyl (C=O) groups is 1. The van der Waals surface area contributed by atoms with Gasteiger partial charge in [-0.05, 0) is 36.6 Å². The first-order valence-corrected chi connectivity index (χ1v) is 8.18. The number of rotatable bonds is 3. The third-order valence-corrected chi connectivity index (χ3v) is 6.00. The predicted octanol–water partition coefficient (Wildman–Crippen LogP) is 2.84. The van der Waals surface area contributed by atoms with Crippen molar-refractivity contribution >= 4 is 17.2 Å². The van der Waals surface area contributed by atoms with Gasteiger partial charge in [0.15, 0.2) is 0 Å². The Morgan fingerprint density at radius 2 is 2.10 bits per heavy atom. The van der Waals surface area contributed by atoms with E-state index in [-0.39, 0.29) is 11.3 Å². The van der Waals surface area contributed by atoms with E-state index in [1.807, 2.05) is 35.2 Å². The Hall–Kier alpha value is -1.65. The summed E-state index contributed by atoms with van der Waals surface area (Å²) in [7, 11) is 0. The summed E-state index contributed by atoms with van der Waals surface area (Å²) >= 11 is 1.58. The summed E-state index contributed by atoms with van der Waals surface area (Å²) < 4.78 is 0. The highest BCUT2D eigenvalue weighted by molar-refractivity contribution is 7.17. The number of hydrogen-bond donors (Lipinski definition) is 1. The van der Waals surface area contributed by atoms with Gasteiger partial charge in [0.25, 0.3) is 5.91 Å². The van der Waals surface area contributed by atoms with Gasteiger partial charge in [-0.3, -0.25) is 4.79 Å². The summed E-state index contributed by atoms with van der Waals surface area (Å²) in [5.41, 5.74) is 7.27. The van der Waals surface area contributed by atoms with E-state index in [4.69, 9.17) is 5.73 Å². The molecule has 3 nitrogen and oxygen atoms in total. The minimum Gasteiger partial charge on any atom is -0.337 e. The second-order valence-electron chi connectivity index (χ2n) is 6.18. The van der Waals surface area contributed by atoms with Crippen molar-refractivity contribution in [2.75, 3.05) is 19.6 Å². The van der Waals surface area contributed by atoms with Crippen LogP contribution in [0.25, 0.3) is 10.4 Å². The van der Waals surface area contributed by atoms with E-state index in [0.29, 0.717) is 12.5 Å². The van der Waals surface area contributed by atoms with Crippen LogP contribution in [0.3, 0.4) is 0 Å². The van der Waals surface area contributed by atoms with Gasteiger partial charge in [0.05, 0.1) is 4.88 Å². The molecule has 2 fully saturated rings. The third-order valence-electron chi connectivity index (χ3n) is 4.87. The molecule has 2 aromatic rings. The third kappa shape index (κ3) is 2.10. The van der Waals surface area contributed by atoms with Crippen molar-refractivity contribution in [1.82, 2.24) is 4.90 Å². The van der Waals surface area contributed by atoms with Crippen LogP contribution in [0.15, 0.2) is 42.5 Å². The lowest BCUT2D eigenvalue weighted by Gasteiger charge is -2.19. The van der Waals surface area contributed by atoms with E-state index < -0.39 is 0 Å². The van der Waals surface area contributed by atoms with Gasteiger partial charge in [-0.25, -0.2) is 0 Å². The number of benzene rings is 1. The average molecular weight is 298 g/mol. The number of likely N-dealkylation sites (tertiary alicyclic amines) is 1. The van der Waals surface area contributed by atoms with Crippen LogP contribution >= 0.6 is 11.3 Å². The van der Waals surface area contributed by atoms with Gasteiger partial charge in [-0.2, -0.15) is 0 Å². The van der Waals surface area contributed by atoms with Crippen molar-refractivity contribution in [2.45, 2.75) is 6.42 Å². The highest BCUT2D eigenvalue weighted by Crippen LogP contribution is 2.57. The van der Waals surface area contributed by atoms with Crippen LogP contribution < -0.4 is 5.73 Å². The monoisotopic (exact) mass is 298 g/mol. The highest BCUT2D eigenvalue weighted by Gasteiger charge is 2.59. The van der Waals surface area contributed by atoms with Crippen molar-refractivity contribution in [3.05, 3.63) is 47.3 Å². The maximum Gasteiger partial charge on any atom is 0.263 e. The summed E-state index contributed by atoms with van der Waals surface area (Å²) in [6.45, 7) is 2.43. The second-order valence-corrected chi connectivity index (χ2v) is 7.27. The van der Waals surface area contributed by atoms with Crippen molar-refractivity contribution in [1.29, 1.82) is 0 Å². The van der Waals surface area contributed by atoms with Gasteiger partial charge in [0.2, 0.25) is 0 Å². The molecular weight excluding hydrogens is 280 g/mol. The molecule has 0 radical (unpaired) electrons. The molecule has 2 N–H and O–H groups in total. The summed E-state index contributed by atoms with van der Waals surface area (Å²) in [5.74, 6) is 0.808. The minimum atomic E-state index is 0.169. The Labute approximate surface area is 128 Å². The molecular formula is C17H18N2OS. The molecule has 2 atom stereocenters. The van der Waals surface area contributed by atoms with Crippen LogP contribution in [-0.2, 0) is 0 Å². The van der Waals surface area contributed by atoms with Crippen LogP contribution in [0, 0.1) is 11.3 Å². The van der Waals surface area contributed by atoms with Gasteiger partial charge in [0.1, 0.15) is 0 Å². The first-order chi connectivity index (χ1) is 10.2. The topological polar surface area (TPSA) is 46.3 Å². The Kier molecular flexibility index (Phi) is 2.91. The van der Waals surface area contributed by atoms with E-state index in [1.54, 1.807) is 11.3 Å². The maximum atomic E-state index is 12.6. The van der Waals surface area contributed by atoms with E-state index >= 15 is 0 Å². The molecule has 4 heteroatoms. The van der Waals surface area contributed by atoms with Crippen LogP contribution in [0.2, 0.25) is 0 Å². The molecule has 0 unspecified atom stereocenters. The van der Waals surface area contributed by atoms with Crippen molar-refractivity contribution in [3.8, 4) is 10.4 Å². The number of fused-ring (bicyclic) bond motifs is 1. The number of thiophene rings is 1. The molecule has 1 saturated carbocycles. The largest absolute Gasteiger partial charge is 0.337 e. The highest BCUT2D eigenvalue weighted by atomic mass is 32.1. The number of carbonyl (C=O) groups excluding carboxylic acids is 1. The quantitative estimate of drug-likeness (QED) is 0.947. The zero-order valence-electron chi connectivity index (χ0n) is 11.8. The van der Waals surface area contributed by atoms with Crippen molar-refractivity contribution < 1.29 is 4.79 Å². The van der Waals surface area contributed by atoms with Gasteiger partial charge >= 0.3 is 0 Å². The molecule has 1 aliphatic heterocycles. The SMILES string of the molecule is NC[C@@]12C[C@@H]1CN(C(=O)c1ccc(-c3ccccc3)s1)C2. The first-order valence-electron chi connectivity index (χ1n) is 7.36. The van der Waals surface area contributed by atoms with E-state index in [2.05, 4.69) is 12.1 Å². The molecule has 108 valence electrons. The molecule has 1 aromatic carbocycles. The maximum absolute atomic E-state index is 12.6. The number of nitrogens with two attached hydrogens (primary N) is 1. The molecule has 0 spiro atoms. The molecule has 1 aromatic heterocycles. The van der Waals surface area contributed by atoms with E-state index in [1.165, 1.54) is 12.0 Å². The molecule has 0 bridgehead atoms. The molecule has 2 heterocycles. The van der Waals surface area contributed by atoms with E-state index in [9.17, 15) is 4.79 Å². The molecule has 4 rings (SSSR count). The van der Waals surface area contributed by atoms with Crippen LogP contribution in [0.1, 0.15) is 16.1 Å². The average Bonchev–Trinajstić information content (AvgIpc) is 2.93. The van der Waals surface area contributed by atoms with Crippen LogP contribution in [0.4, 0.5) is 0 Å². The second kappa shape index (κ2) is 4.68. The Balaban J connectivity index is 1.53. The molecule has 2 aliphatic rings. The summed E-state index contributed by atoms with van der Waals surface area (Å²) in [6, 6.07) is 14.2. The van der Waals surface area contributed by atoms with Crippen LogP contribution in [-0.4, -0.2) is 30.4 Å². The lowest BCUT2D eigenvalue weighted by Crippen LogP contribution is -2.33. The number of nitrogens with zero attached hydrogens (tertiary/aromatic N) is 1. The smallest absolute Gasteiger partial charge is 0.263 e. The van der Waals surface area contributed by atoms with Gasteiger partial charge in [-0.1, -0.05) is 30.3 Å².